The van der Waals surface area contributed by atoms with Gasteiger partial charge in [0.2, 0.25) is 5.75 Å². The molecular weight excluding hydrogens is 326 g/mol. The normalized spacial score (nSPS) is 10.0. The molecule has 7 nitrogen and oxygen atoms in total. The van der Waals surface area contributed by atoms with Crippen molar-refractivity contribution < 1.29 is 23.9 Å². The zero-order chi connectivity index (χ0) is 16.8. The number of nitro groups is 1. The van der Waals surface area contributed by atoms with Crippen molar-refractivity contribution in [1.82, 2.24) is 0 Å². The maximum atomic E-state index is 11.8. The summed E-state index contributed by atoms with van der Waals surface area (Å²) in [6.07, 6.45) is 0. The van der Waals surface area contributed by atoms with Gasteiger partial charge >= 0.3 is 11.7 Å². The molecule has 120 valence electrons. The van der Waals surface area contributed by atoms with Gasteiger partial charge in [0.1, 0.15) is 11.5 Å². The Morgan fingerprint density at radius 3 is 2.65 bits per heavy atom. The molecule has 0 spiro atoms. The highest BCUT2D eigenvalue weighted by atomic mass is 35.5. The van der Waals surface area contributed by atoms with Crippen LogP contribution in [0, 0.1) is 10.1 Å². The number of ether oxygens (including phenoxy) is 3. The molecule has 0 atom stereocenters. The number of benzene rings is 2. The number of carbonyl (C=O) groups excluding carboxylic acids is 1. The number of hydrogen-bond donors (Lipinski definition) is 0. The summed E-state index contributed by atoms with van der Waals surface area (Å²) < 4.78 is 15.1. The molecule has 0 saturated heterocycles. The summed E-state index contributed by atoms with van der Waals surface area (Å²) in [5.41, 5.74) is -0.375. The van der Waals surface area contributed by atoms with E-state index in [0.29, 0.717) is 10.8 Å². The average Bonchev–Trinajstić information content (AvgIpc) is 2.53. The molecule has 0 radical (unpaired) electrons. The van der Waals surface area contributed by atoms with Crippen LogP contribution in [-0.2, 0) is 4.79 Å². The van der Waals surface area contributed by atoms with Crippen molar-refractivity contribution in [2.24, 2.45) is 0 Å². The van der Waals surface area contributed by atoms with Gasteiger partial charge in [-0.05, 0) is 30.3 Å². The Balaban J connectivity index is 2.04. The van der Waals surface area contributed by atoms with Crippen LogP contribution < -0.4 is 14.2 Å². The first kappa shape index (κ1) is 16.6. The number of rotatable bonds is 6. The summed E-state index contributed by atoms with van der Waals surface area (Å²) in [5.74, 6) is -0.293. The minimum absolute atomic E-state index is 0.185. The molecule has 2 aromatic rings. The lowest BCUT2D eigenvalue weighted by Gasteiger charge is -2.08. The number of esters is 1. The first-order valence-corrected chi connectivity index (χ1v) is 6.79. The molecule has 0 aliphatic rings. The van der Waals surface area contributed by atoms with Crippen LogP contribution in [0.1, 0.15) is 0 Å². The average molecular weight is 338 g/mol. The van der Waals surface area contributed by atoms with Crippen molar-refractivity contribution in [3.8, 4) is 17.2 Å². The predicted molar refractivity (Wildman–Crippen MR) is 82.2 cm³/mol. The largest absolute Gasteiger partial charge is 0.496 e. The van der Waals surface area contributed by atoms with Crippen molar-refractivity contribution >= 4 is 23.3 Å². The van der Waals surface area contributed by atoms with Crippen molar-refractivity contribution in [2.45, 2.75) is 0 Å². The van der Waals surface area contributed by atoms with E-state index < -0.39 is 17.5 Å². The van der Waals surface area contributed by atoms with E-state index >= 15 is 0 Å². The Kier molecular flexibility index (Phi) is 5.37. The Bertz CT molecular complexity index is 734. The molecule has 0 amide bonds. The third-order valence-electron chi connectivity index (χ3n) is 2.74. The third kappa shape index (κ3) is 4.58. The van der Waals surface area contributed by atoms with Crippen molar-refractivity contribution in [3.63, 3.8) is 0 Å². The van der Waals surface area contributed by atoms with E-state index in [1.165, 1.54) is 31.4 Å². The van der Waals surface area contributed by atoms with Gasteiger partial charge < -0.3 is 14.2 Å². The first-order valence-electron chi connectivity index (χ1n) is 6.41. The molecule has 0 fully saturated rings. The maximum absolute atomic E-state index is 11.8. The molecule has 0 aliphatic carbocycles. The SMILES string of the molecule is COc1ccc(OC(=O)COc2cccc(Cl)c2)c([N+](=O)[O-])c1. The van der Waals surface area contributed by atoms with Gasteiger partial charge in [0.15, 0.2) is 6.61 Å². The Morgan fingerprint density at radius 1 is 1.22 bits per heavy atom. The van der Waals surface area contributed by atoms with Crippen LogP contribution in [0.5, 0.6) is 17.2 Å². The van der Waals surface area contributed by atoms with Gasteiger partial charge in [-0.1, -0.05) is 17.7 Å². The van der Waals surface area contributed by atoms with Gasteiger partial charge in [-0.25, -0.2) is 4.79 Å². The lowest BCUT2D eigenvalue weighted by atomic mass is 10.3. The molecule has 0 unspecified atom stereocenters. The zero-order valence-electron chi connectivity index (χ0n) is 12.0. The highest BCUT2D eigenvalue weighted by Gasteiger charge is 2.19. The monoisotopic (exact) mass is 337 g/mol. The van der Waals surface area contributed by atoms with Crippen LogP contribution in [0.25, 0.3) is 0 Å². The fourth-order valence-corrected chi connectivity index (χ4v) is 1.88. The molecule has 0 saturated carbocycles. The second-order valence-corrected chi connectivity index (χ2v) is 4.75. The highest BCUT2D eigenvalue weighted by molar-refractivity contribution is 6.30. The van der Waals surface area contributed by atoms with Crippen LogP contribution in [-0.4, -0.2) is 24.6 Å². The summed E-state index contributed by atoms with van der Waals surface area (Å²) >= 11 is 5.79. The van der Waals surface area contributed by atoms with Gasteiger partial charge in [-0.15, -0.1) is 0 Å². The van der Waals surface area contributed by atoms with Crippen molar-refractivity contribution in [1.29, 1.82) is 0 Å². The second kappa shape index (κ2) is 7.46. The van der Waals surface area contributed by atoms with Crippen LogP contribution in [0.15, 0.2) is 42.5 Å². The number of carbonyl (C=O) groups is 1. The molecule has 0 bridgehead atoms. The third-order valence-corrected chi connectivity index (χ3v) is 2.97. The molecule has 0 aliphatic heterocycles. The minimum Gasteiger partial charge on any atom is -0.496 e. The summed E-state index contributed by atoms with van der Waals surface area (Å²) in [6.45, 7) is -0.413. The topological polar surface area (TPSA) is 87.9 Å². The molecule has 0 aromatic heterocycles. The zero-order valence-corrected chi connectivity index (χ0v) is 12.8. The summed E-state index contributed by atoms with van der Waals surface area (Å²) in [4.78, 5) is 22.1. The Hall–Kier alpha value is -2.80. The van der Waals surface area contributed by atoms with E-state index in [2.05, 4.69) is 0 Å². The second-order valence-electron chi connectivity index (χ2n) is 4.31. The summed E-state index contributed by atoms with van der Waals surface area (Å²) in [7, 11) is 1.38. The summed E-state index contributed by atoms with van der Waals surface area (Å²) in [5, 5.41) is 11.5. The lowest BCUT2D eigenvalue weighted by Crippen LogP contribution is -2.18. The number of nitrogens with zero attached hydrogens (tertiary/aromatic N) is 1. The van der Waals surface area contributed by atoms with E-state index in [9.17, 15) is 14.9 Å². The fourth-order valence-electron chi connectivity index (χ4n) is 1.70. The van der Waals surface area contributed by atoms with Crippen LogP contribution in [0.3, 0.4) is 0 Å². The van der Waals surface area contributed by atoms with Gasteiger partial charge in [0.05, 0.1) is 18.1 Å². The summed E-state index contributed by atoms with van der Waals surface area (Å²) in [6, 6.07) is 10.4. The van der Waals surface area contributed by atoms with Crippen LogP contribution in [0.4, 0.5) is 5.69 Å². The molecule has 8 heteroatoms. The fraction of sp³-hybridized carbons (Fsp3) is 0.133. The number of methoxy groups -OCH3 is 1. The number of nitro benzene ring substituents is 1. The smallest absolute Gasteiger partial charge is 0.349 e. The molecule has 0 N–H and O–H groups in total. The molecule has 2 aromatic carbocycles. The molecular formula is C15H12ClNO6. The van der Waals surface area contributed by atoms with E-state index in [1.807, 2.05) is 0 Å². The molecule has 2 rings (SSSR count). The van der Waals surface area contributed by atoms with Crippen LogP contribution >= 0.6 is 11.6 Å². The molecule has 23 heavy (non-hydrogen) atoms. The van der Waals surface area contributed by atoms with Gasteiger partial charge in [0.25, 0.3) is 0 Å². The Morgan fingerprint density at radius 2 is 2.00 bits per heavy atom. The van der Waals surface area contributed by atoms with Crippen molar-refractivity contribution in [2.75, 3.05) is 13.7 Å². The van der Waals surface area contributed by atoms with Gasteiger partial charge in [-0.3, -0.25) is 10.1 Å². The lowest BCUT2D eigenvalue weighted by molar-refractivity contribution is -0.385. The van der Waals surface area contributed by atoms with E-state index in [-0.39, 0.29) is 17.2 Å². The maximum Gasteiger partial charge on any atom is 0.349 e. The predicted octanol–water partition coefficient (Wildman–Crippen LogP) is 3.24. The molecule has 0 heterocycles. The van der Waals surface area contributed by atoms with Crippen LogP contribution in [0.2, 0.25) is 5.02 Å². The Labute approximate surface area is 136 Å². The van der Waals surface area contributed by atoms with Gasteiger partial charge in [-0.2, -0.15) is 0 Å². The highest BCUT2D eigenvalue weighted by Crippen LogP contribution is 2.31. The van der Waals surface area contributed by atoms with E-state index in [1.54, 1.807) is 18.2 Å². The van der Waals surface area contributed by atoms with E-state index in [4.69, 9.17) is 25.8 Å². The van der Waals surface area contributed by atoms with Crippen molar-refractivity contribution in [3.05, 3.63) is 57.6 Å². The van der Waals surface area contributed by atoms with E-state index in [0.717, 1.165) is 0 Å². The minimum atomic E-state index is -0.779. The standard InChI is InChI=1S/C15H12ClNO6/c1-21-11-5-6-14(13(8-11)17(19)20)23-15(18)9-22-12-4-2-3-10(16)7-12/h2-8H,9H2,1H3. The number of hydrogen-bond acceptors (Lipinski definition) is 6. The number of halogens is 1. The quantitative estimate of drug-likeness (QED) is 0.348. The first-order chi connectivity index (χ1) is 11.0. The van der Waals surface area contributed by atoms with Gasteiger partial charge in [0, 0.05) is 5.02 Å².